The van der Waals surface area contributed by atoms with E-state index in [0.29, 0.717) is 0 Å². The molecule has 4 saturated heterocycles. The van der Waals surface area contributed by atoms with Crippen molar-refractivity contribution >= 4 is 17.2 Å². The maximum atomic E-state index is 1.61. The van der Waals surface area contributed by atoms with Gasteiger partial charge in [0.05, 0.1) is 0 Å². The molecule has 2 heteroatoms. The molecule has 0 radical (unpaired) electrons. The molecule has 0 saturated carbocycles. The van der Waals surface area contributed by atoms with Gasteiger partial charge >= 0.3 is 0 Å². The van der Waals surface area contributed by atoms with Crippen LogP contribution in [0.15, 0.2) is 0 Å². The van der Waals surface area contributed by atoms with Crippen molar-refractivity contribution in [2.75, 3.05) is 0 Å². The molecule has 0 spiro atoms. The first kappa shape index (κ1) is 15.4. The molecule has 4 fully saturated rings. The van der Waals surface area contributed by atoms with Crippen LogP contribution in [0, 0.1) is 0 Å². The van der Waals surface area contributed by atoms with E-state index in [-0.39, 0.29) is 0 Å². The Labute approximate surface area is 135 Å². The smallest absolute Gasteiger partial charge is 0.0119 e. The van der Waals surface area contributed by atoms with Crippen molar-refractivity contribution in [3.63, 3.8) is 0 Å². The maximum Gasteiger partial charge on any atom is -0.0119 e. The molecular formula is C19H34P2. The lowest BCUT2D eigenvalue weighted by molar-refractivity contribution is 0.378. The first-order valence-corrected chi connectivity index (χ1v) is 12.0. The van der Waals surface area contributed by atoms with E-state index in [1.807, 2.05) is 0 Å². The summed E-state index contributed by atoms with van der Waals surface area (Å²) >= 11 is 0. The number of rotatable bonds is 4. The van der Waals surface area contributed by atoms with Gasteiger partial charge < -0.3 is 0 Å². The highest BCUT2D eigenvalue weighted by atomic mass is 31.1. The van der Waals surface area contributed by atoms with Gasteiger partial charge in [0.2, 0.25) is 0 Å². The molecule has 4 heterocycles. The van der Waals surface area contributed by atoms with E-state index in [1.54, 1.807) is 96.3 Å². The number of hydrogen-bond acceptors (Lipinski definition) is 0. The summed E-state index contributed by atoms with van der Waals surface area (Å²) in [5.41, 5.74) is 2.31. The number of hydrogen-bond donors (Lipinski definition) is 0. The fraction of sp³-hybridized carbons (Fsp3) is 1.00. The zero-order valence-electron chi connectivity index (χ0n) is 13.8. The predicted molar refractivity (Wildman–Crippen MR) is 98.9 cm³/mol. The van der Waals surface area contributed by atoms with Crippen LogP contribution in [0.2, 0.25) is 0 Å². The molecule has 4 aliphatic rings. The summed E-state index contributed by atoms with van der Waals surface area (Å²) in [7, 11) is 2.69. The van der Waals surface area contributed by atoms with Crippen LogP contribution >= 0.6 is 17.2 Å². The third-order valence-corrected chi connectivity index (χ3v) is 11.9. The normalized spacial score (nSPS) is 48.6. The minimum Gasteiger partial charge on any atom is -0.112 e. The summed E-state index contributed by atoms with van der Waals surface area (Å²) in [6, 6.07) is 0. The Bertz CT molecular complexity index is 335. The first-order valence-electron chi connectivity index (χ1n) is 9.83. The van der Waals surface area contributed by atoms with Crippen molar-refractivity contribution in [2.24, 2.45) is 0 Å². The van der Waals surface area contributed by atoms with Crippen molar-refractivity contribution < 1.29 is 0 Å². The number of fused-ring (bicyclic) bond motifs is 4. The molecule has 6 unspecified atom stereocenters. The van der Waals surface area contributed by atoms with Crippen molar-refractivity contribution in [3.8, 4) is 0 Å². The molecule has 0 aromatic carbocycles. The van der Waals surface area contributed by atoms with Gasteiger partial charge in [-0.1, -0.05) is 32.1 Å². The standard InChI is InChI=1S/C19H34P2/c1-3-10-18(14-8-16(6-1)20-18)12-5-13-19-11-4-2-7-17(21-19)9-15-19/h16-17,20-21H,1-15H2. The van der Waals surface area contributed by atoms with Gasteiger partial charge in [-0.15, -0.1) is 17.2 Å². The van der Waals surface area contributed by atoms with Crippen molar-refractivity contribution in [1.29, 1.82) is 0 Å². The molecule has 4 rings (SSSR count). The first-order chi connectivity index (χ1) is 10.3. The van der Waals surface area contributed by atoms with Gasteiger partial charge in [0.15, 0.2) is 0 Å². The molecule has 120 valence electrons. The summed E-state index contributed by atoms with van der Waals surface area (Å²) in [5.74, 6) is 0. The van der Waals surface area contributed by atoms with E-state index in [2.05, 4.69) is 0 Å². The average molecular weight is 324 g/mol. The van der Waals surface area contributed by atoms with Gasteiger partial charge in [-0.05, 0) is 85.8 Å². The minimum atomic E-state index is 0.851. The molecule has 0 aromatic heterocycles. The van der Waals surface area contributed by atoms with Crippen LogP contribution in [-0.4, -0.2) is 21.6 Å². The minimum absolute atomic E-state index is 0.851. The monoisotopic (exact) mass is 324 g/mol. The lowest BCUT2D eigenvalue weighted by atomic mass is 9.83. The molecule has 4 bridgehead atoms. The van der Waals surface area contributed by atoms with E-state index in [4.69, 9.17) is 0 Å². The van der Waals surface area contributed by atoms with E-state index >= 15 is 0 Å². The zero-order chi connectivity index (χ0) is 14.2. The summed E-state index contributed by atoms with van der Waals surface area (Å²) in [5, 5.41) is 1.70. The van der Waals surface area contributed by atoms with Crippen molar-refractivity contribution in [2.45, 2.75) is 118 Å². The summed E-state index contributed by atoms with van der Waals surface area (Å²) < 4.78 is 0. The highest BCUT2D eigenvalue weighted by Crippen LogP contribution is 2.60. The van der Waals surface area contributed by atoms with Gasteiger partial charge in [0.25, 0.3) is 0 Å². The molecule has 0 nitrogen and oxygen atoms in total. The summed E-state index contributed by atoms with van der Waals surface area (Å²) in [4.78, 5) is 0. The Morgan fingerprint density at radius 3 is 1.67 bits per heavy atom. The van der Waals surface area contributed by atoms with E-state index in [0.717, 1.165) is 21.6 Å². The van der Waals surface area contributed by atoms with Gasteiger partial charge in [-0.2, -0.15) is 0 Å². The van der Waals surface area contributed by atoms with Gasteiger partial charge in [0.1, 0.15) is 0 Å². The Kier molecular flexibility index (Phi) is 4.69. The summed E-state index contributed by atoms with van der Waals surface area (Å²) in [6.45, 7) is 0. The fourth-order valence-corrected chi connectivity index (χ4v) is 10.9. The molecule has 0 aromatic rings. The van der Waals surface area contributed by atoms with Crippen LogP contribution < -0.4 is 0 Å². The average Bonchev–Trinajstić information content (AvgIpc) is 2.89. The Morgan fingerprint density at radius 1 is 0.619 bits per heavy atom. The van der Waals surface area contributed by atoms with Crippen molar-refractivity contribution in [3.05, 3.63) is 0 Å². The molecular weight excluding hydrogens is 290 g/mol. The van der Waals surface area contributed by atoms with E-state index in [1.165, 1.54) is 17.2 Å². The third kappa shape index (κ3) is 3.38. The van der Waals surface area contributed by atoms with Gasteiger partial charge in [0, 0.05) is 0 Å². The van der Waals surface area contributed by atoms with E-state index in [9.17, 15) is 0 Å². The zero-order valence-corrected chi connectivity index (χ0v) is 15.8. The maximum absolute atomic E-state index is 1.61. The highest BCUT2D eigenvalue weighted by Gasteiger charge is 2.42. The second kappa shape index (κ2) is 6.40. The predicted octanol–water partition coefficient (Wildman–Crippen LogP) is 6.46. The van der Waals surface area contributed by atoms with Crippen LogP contribution in [0.25, 0.3) is 0 Å². The quantitative estimate of drug-likeness (QED) is 0.520. The molecule has 0 amide bonds. The van der Waals surface area contributed by atoms with Crippen LogP contribution in [-0.2, 0) is 0 Å². The van der Waals surface area contributed by atoms with Gasteiger partial charge in [-0.3, -0.25) is 0 Å². The topological polar surface area (TPSA) is 0 Å². The van der Waals surface area contributed by atoms with Crippen LogP contribution in [0.4, 0.5) is 0 Å². The molecule has 4 aliphatic heterocycles. The second-order valence-electron chi connectivity index (χ2n) is 8.67. The fourth-order valence-electron chi connectivity index (χ4n) is 6.00. The lowest BCUT2D eigenvalue weighted by Gasteiger charge is -2.33. The Balaban J connectivity index is 1.32. The lowest BCUT2D eigenvalue weighted by Crippen LogP contribution is -2.23. The summed E-state index contributed by atoms with van der Waals surface area (Å²) in [6.07, 6.45) is 23.7. The SMILES string of the molecule is C1CCC2(CCCC34CCCCC(CC3)P4)CCC(C1)P2. The molecule has 0 aliphatic carbocycles. The third-order valence-electron chi connectivity index (χ3n) is 7.19. The molecule has 21 heavy (non-hydrogen) atoms. The van der Waals surface area contributed by atoms with Gasteiger partial charge in [-0.25, -0.2) is 0 Å². The Hall–Kier alpha value is 0.860. The Morgan fingerprint density at radius 2 is 1.14 bits per heavy atom. The molecule has 0 N–H and O–H groups in total. The van der Waals surface area contributed by atoms with Crippen LogP contribution in [0.1, 0.15) is 96.3 Å². The van der Waals surface area contributed by atoms with E-state index < -0.39 is 0 Å². The van der Waals surface area contributed by atoms with Crippen LogP contribution in [0.3, 0.4) is 0 Å². The highest BCUT2D eigenvalue weighted by molar-refractivity contribution is 7.41. The van der Waals surface area contributed by atoms with Crippen molar-refractivity contribution in [1.82, 2.24) is 0 Å². The van der Waals surface area contributed by atoms with Crippen LogP contribution in [0.5, 0.6) is 0 Å². The molecule has 6 atom stereocenters. The second-order valence-corrected chi connectivity index (χ2v) is 13.0. The largest absolute Gasteiger partial charge is 0.112 e.